The SMILES string of the molecule is O=C(OCc1ccccc1)C1C=CNC1. The fraction of sp³-hybridized carbons (Fsp3) is 0.250. The lowest BCUT2D eigenvalue weighted by atomic mass is 10.2. The van der Waals surface area contributed by atoms with E-state index < -0.39 is 0 Å². The maximum atomic E-state index is 11.5. The molecular formula is C12H13NO2. The van der Waals surface area contributed by atoms with Crippen molar-refractivity contribution >= 4 is 5.97 Å². The molecule has 1 aliphatic heterocycles. The predicted molar refractivity (Wildman–Crippen MR) is 56.9 cm³/mol. The average molecular weight is 203 g/mol. The van der Waals surface area contributed by atoms with E-state index in [0.29, 0.717) is 13.2 Å². The number of ether oxygens (including phenoxy) is 1. The maximum Gasteiger partial charge on any atom is 0.314 e. The van der Waals surface area contributed by atoms with Crippen molar-refractivity contribution in [2.45, 2.75) is 6.61 Å². The molecule has 1 atom stereocenters. The van der Waals surface area contributed by atoms with Crippen molar-refractivity contribution in [1.82, 2.24) is 5.32 Å². The van der Waals surface area contributed by atoms with Crippen LogP contribution in [0.5, 0.6) is 0 Å². The first-order valence-electron chi connectivity index (χ1n) is 4.97. The number of benzene rings is 1. The van der Waals surface area contributed by atoms with E-state index in [0.717, 1.165) is 5.56 Å². The largest absolute Gasteiger partial charge is 0.460 e. The second-order valence-corrected chi connectivity index (χ2v) is 3.47. The van der Waals surface area contributed by atoms with Gasteiger partial charge in [-0.15, -0.1) is 0 Å². The van der Waals surface area contributed by atoms with Crippen LogP contribution in [0.25, 0.3) is 0 Å². The topological polar surface area (TPSA) is 38.3 Å². The van der Waals surface area contributed by atoms with Gasteiger partial charge in [0.05, 0.1) is 5.92 Å². The summed E-state index contributed by atoms with van der Waals surface area (Å²) in [7, 11) is 0. The van der Waals surface area contributed by atoms with Gasteiger partial charge in [-0.2, -0.15) is 0 Å². The lowest BCUT2D eigenvalue weighted by Gasteiger charge is -2.08. The summed E-state index contributed by atoms with van der Waals surface area (Å²) in [6, 6.07) is 9.68. The zero-order valence-corrected chi connectivity index (χ0v) is 8.35. The number of hydrogen-bond donors (Lipinski definition) is 1. The summed E-state index contributed by atoms with van der Waals surface area (Å²) in [6.45, 7) is 0.998. The molecule has 0 aliphatic carbocycles. The first kappa shape index (κ1) is 9.77. The van der Waals surface area contributed by atoms with Gasteiger partial charge in [0, 0.05) is 6.54 Å². The van der Waals surface area contributed by atoms with Crippen LogP contribution >= 0.6 is 0 Å². The van der Waals surface area contributed by atoms with Crippen LogP contribution in [-0.4, -0.2) is 12.5 Å². The van der Waals surface area contributed by atoms with Gasteiger partial charge in [-0.05, 0) is 11.8 Å². The summed E-state index contributed by atoms with van der Waals surface area (Å²) in [4.78, 5) is 11.5. The quantitative estimate of drug-likeness (QED) is 0.756. The van der Waals surface area contributed by atoms with Crippen molar-refractivity contribution in [1.29, 1.82) is 0 Å². The van der Waals surface area contributed by atoms with Gasteiger partial charge in [0.2, 0.25) is 0 Å². The number of carbonyl (C=O) groups is 1. The van der Waals surface area contributed by atoms with Gasteiger partial charge < -0.3 is 10.1 Å². The van der Waals surface area contributed by atoms with Crippen LogP contribution in [0.4, 0.5) is 0 Å². The predicted octanol–water partition coefficient (Wildman–Crippen LogP) is 1.46. The van der Waals surface area contributed by atoms with Crippen molar-refractivity contribution < 1.29 is 9.53 Å². The molecule has 0 radical (unpaired) electrons. The van der Waals surface area contributed by atoms with Gasteiger partial charge in [0.25, 0.3) is 0 Å². The third kappa shape index (κ3) is 2.59. The summed E-state index contributed by atoms with van der Waals surface area (Å²) in [5.41, 5.74) is 1.01. The van der Waals surface area contributed by atoms with Gasteiger partial charge in [-0.25, -0.2) is 0 Å². The second-order valence-electron chi connectivity index (χ2n) is 3.47. The van der Waals surface area contributed by atoms with Gasteiger partial charge in [0.15, 0.2) is 0 Å². The van der Waals surface area contributed by atoms with Crippen molar-refractivity contribution in [3.05, 3.63) is 48.2 Å². The summed E-state index contributed by atoms with van der Waals surface area (Å²) in [5, 5.41) is 2.97. The van der Waals surface area contributed by atoms with Crippen LogP contribution in [0.1, 0.15) is 5.56 Å². The van der Waals surface area contributed by atoms with Crippen molar-refractivity contribution in [3.63, 3.8) is 0 Å². The summed E-state index contributed by atoms with van der Waals surface area (Å²) in [6.07, 6.45) is 3.61. The standard InChI is InChI=1S/C12H13NO2/c14-12(11-6-7-13-8-11)15-9-10-4-2-1-3-5-10/h1-7,11,13H,8-9H2. The Morgan fingerprint density at radius 3 is 2.87 bits per heavy atom. The van der Waals surface area contributed by atoms with Crippen LogP contribution in [0.3, 0.4) is 0 Å². The van der Waals surface area contributed by atoms with Gasteiger partial charge in [0.1, 0.15) is 6.61 Å². The summed E-state index contributed by atoms with van der Waals surface area (Å²) >= 11 is 0. The Hall–Kier alpha value is -1.77. The van der Waals surface area contributed by atoms with E-state index >= 15 is 0 Å². The molecule has 0 bridgehead atoms. The summed E-state index contributed by atoms with van der Waals surface area (Å²) in [5.74, 6) is -0.297. The van der Waals surface area contributed by atoms with Gasteiger partial charge >= 0.3 is 5.97 Å². The normalized spacial score (nSPS) is 18.5. The minimum Gasteiger partial charge on any atom is -0.460 e. The summed E-state index contributed by atoms with van der Waals surface area (Å²) < 4.78 is 5.18. The van der Waals surface area contributed by atoms with Crippen LogP contribution in [0, 0.1) is 5.92 Å². The van der Waals surface area contributed by atoms with E-state index in [9.17, 15) is 4.79 Å². The number of carbonyl (C=O) groups excluding carboxylic acids is 1. The third-order valence-electron chi connectivity index (χ3n) is 2.31. The highest BCUT2D eigenvalue weighted by atomic mass is 16.5. The molecule has 2 rings (SSSR count). The smallest absolute Gasteiger partial charge is 0.314 e. The lowest BCUT2D eigenvalue weighted by Crippen LogP contribution is -2.20. The molecule has 0 aromatic heterocycles. The lowest BCUT2D eigenvalue weighted by molar-refractivity contribution is -0.147. The Kier molecular flexibility index (Phi) is 3.02. The van der Waals surface area contributed by atoms with Crippen LogP contribution < -0.4 is 5.32 Å². The molecule has 1 N–H and O–H groups in total. The van der Waals surface area contributed by atoms with Crippen LogP contribution in [0.15, 0.2) is 42.6 Å². The van der Waals surface area contributed by atoms with E-state index in [4.69, 9.17) is 4.74 Å². The van der Waals surface area contributed by atoms with Crippen LogP contribution in [0.2, 0.25) is 0 Å². The number of hydrogen-bond acceptors (Lipinski definition) is 3. The second kappa shape index (κ2) is 4.64. The van der Waals surface area contributed by atoms with E-state index in [1.807, 2.05) is 36.4 Å². The Morgan fingerprint density at radius 2 is 2.20 bits per heavy atom. The van der Waals surface area contributed by atoms with Gasteiger partial charge in [-0.1, -0.05) is 36.4 Å². The third-order valence-corrected chi connectivity index (χ3v) is 2.31. The molecule has 1 aromatic rings. The molecule has 3 heteroatoms. The molecule has 1 unspecified atom stereocenters. The number of esters is 1. The highest BCUT2D eigenvalue weighted by Gasteiger charge is 2.19. The van der Waals surface area contributed by atoms with Crippen molar-refractivity contribution in [2.24, 2.45) is 5.92 Å². The molecular weight excluding hydrogens is 190 g/mol. The first-order chi connectivity index (χ1) is 7.36. The highest BCUT2D eigenvalue weighted by Crippen LogP contribution is 2.08. The van der Waals surface area contributed by atoms with Crippen LogP contribution in [-0.2, 0) is 16.1 Å². The number of nitrogens with one attached hydrogen (secondary N) is 1. The molecule has 1 heterocycles. The molecule has 3 nitrogen and oxygen atoms in total. The highest BCUT2D eigenvalue weighted by molar-refractivity contribution is 5.75. The molecule has 0 saturated heterocycles. The molecule has 78 valence electrons. The molecule has 0 spiro atoms. The Bertz CT molecular complexity index is 359. The van der Waals surface area contributed by atoms with Gasteiger partial charge in [-0.3, -0.25) is 4.79 Å². The zero-order valence-electron chi connectivity index (χ0n) is 8.35. The van der Waals surface area contributed by atoms with Crippen molar-refractivity contribution in [3.8, 4) is 0 Å². The first-order valence-corrected chi connectivity index (χ1v) is 4.97. The monoisotopic (exact) mass is 203 g/mol. The molecule has 0 saturated carbocycles. The Balaban J connectivity index is 1.83. The van der Waals surface area contributed by atoms with Crippen molar-refractivity contribution in [2.75, 3.05) is 6.54 Å². The van der Waals surface area contributed by atoms with E-state index in [2.05, 4.69) is 5.32 Å². The van der Waals surface area contributed by atoms with E-state index in [1.165, 1.54) is 0 Å². The molecule has 0 amide bonds. The average Bonchev–Trinajstić information content (AvgIpc) is 2.81. The number of rotatable bonds is 3. The molecule has 0 fully saturated rings. The minimum atomic E-state index is -0.167. The minimum absolute atomic E-state index is 0.131. The molecule has 15 heavy (non-hydrogen) atoms. The Morgan fingerprint density at radius 1 is 1.40 bits per heavy atom. The van der Waals surface area contributed by atoms with E-state index in [1.54, 1.807) is 6.20 Å². The fourth-order valence-corrected chi connectivity index (χ4v) is 1.44. The fourth-order valence-electron chi connectivity index (χ4n) is 1.44. The molecule has 1 aliphatic rings. The maximum absolute atomic E-state index is 11.5. The molecule has 1 aromatic carbocycles. The zero-order chi connectivity index (χ0) is 10.5. The Labute approximate surface area is 88.8 Å². The van der Waals surface area contributed by atoms with E-state index in [-0.39, 0.29) is 11.9 Å².